The van der Waals surface area contributed by atoms with Gasteiger partial charge >= 0.3 is 0 Å². The molecule has 1 aliphatic heterocycles. The SMILES string of the molecule is COc1ccccc1C(=O)NCC(c1cccs1)N1CCCCCC1.Cl. The molecule has 3 rings (SSSR count). The fourth-order valence-electron chi connectivity index (χ4n) is 3.41. The van der Waals surface area contributed by atoms with Crippen molar-refractivity contribution < 1.29 is 9.53 Å². The van der Waals surface area contributed by atoms with Crippen LogP contribution < -0.4 is 10.1 Å². The molecule has 0 spiro atoms. The zero-order valence-electron chi connectivity index (χ0n) is 15.1. The molecule has 1 fully saturated rings. The second kappa shape index (κ2) is 10.6. The number of ether oxygens (including phenoxy) is 1. The molecule has 0 aliphatic carbocycles. The maximum Gasteiger partial charge on any atom is 0.255 e. The van der Waals surface area contributed by atoms with Crippen molar-refractivity contribution in [1.29, 1.82) is 0 Å². The van der Waals surface area contributed by atoms with Gasteiger partial charge in [0.15, 0.2) is 0 Å². The van der Waals surface area contributed by atoms with E-state index in [1.807, 2.05) is 18.2 Å². The summed E-state index contributed by atoms with van der Waals surface area (Å²) in [5.74, 6) is 0.538. The number of carbonyl (C=O) groups excluding carboxylic acids is 1. The second-order valence-corrected chi connectivity index (χ2v) is 7.37. The average molecular weight is 395 g/mol. The molecule has 1 saturated heterocycles. The summed E-state index contributed by atoms with van der Waals surface area (Å²) < 4.78 is 5.31. The number of halogens is 1. The van der Waals surface area contributed by atoms with Crippen LogP contribution in [0.3, 0.4) is 0 Å². The van der Waals surface area contributed by atoms with Gasteiger partial charge in [0.2, 0.25) is 0 Å². The number of benzene rings is 1. The van der Waals surface area contributed by atoms with Gasteiger partial charge in [0, 0.05) is 11.4 Å². The fraction of sp³-hybridized carbons (Fsp3) is 0.450. The third-order valence-corrected chi connectivity index (χ3v) is 5.73. The Kier molecular flexibility index (Phi) is 8.42. The lowest BCUT2D eigenvalue weighted by atomic mass is 10.1. The Hall–Kier alpha value is -1.56. The predicted octanol–water partition coefficient (Wildman–Crippen LogP) is 4.53. The summed E-state index contributed by atoms with van der Waals surface area (Å²) in [7, 11) is 1.60. The van der Waals surface area contributed by atoms with E-state index in [1.165, 1.54) is 30.6 Å². The number of amides is 1. The van der Waals surface area contributed by atoms with Crippen molar-refractivity contribution in [1.82, 2.24) is 10.2 Å². The average Bonchev–Trinajstić information content (AvgIpc) is 3.04. The molecule has 1 N–H and O–H groups in total. The molecule has 142 valence electrons. The molecule has 2 heterocycles. The molecule has 1 aliphatic rings. The van der Waals surface area contributed by atoms with Crippen molar-refractivity contribution in [2.45, 2.75) is 31.7 Å². The highest BCUT2D eigenvalue weighted by molar-refractivity contribution is 7.10. The van der Waals surface area contributed by atoms with Crippen LogP contribution in [0.1, 0.15) is 47.0 Å². The Morgan fingerprint density at radius 2 is 1.88 bits per heavy atom. The lowest BCUT2D eigenvalue weighted by Gasteiger charge is -2.30. The highest BCUT2D eigenvalue weighted by Crippen LogP contribution is 2.27. The fourth-order valence-corrected chi connectivity index (χ4v) is 4.28. The number of likely N-dealkylation sites (tertiary alicyclic amines) is 1. The van der Waals surface area contributed by atoms with Crippen LogP contribution in [0.5, 0.6) is 5.75 Å². The number of nitrogens with one attached hydrogen (secondary N) is 1. The summed E-state index contributed by atoms with van der Waals surface area (Å²) in [6, 6.07) is 11.9. The molecule has 1 aromatic heterocycles. The lowest BCUT2D eigenvalue weighted by Crippen LogP contribution is -2.38. The van der Waals surface area contributed by atoms with Gasteiger partial charge < -0.3 is 10.1 Å². The monoisotopic (exact) mass is 394 g/mol. The van der Waals surface area contributed by atoms with Crippen LogP contribution in [0.2, 0.25) is 0 Å². The third-order valence-electron chi connectivity index (χ3n) is 4.76. The summed E-state index contributed by atoms with van der Waals surface area (Å²) in [5, 5.41) is 5.24. The van der Waals surface area contributed by atoms with Crippen molar-refractivity contribution in [3.63, 3.8) is 0 Å². The van der Waals surface area contributed by atoms with E-state index in [0.29, 0.717) is 17.9 Å². The molecule has 1 aromatic carbocycles. The van der Waals surface area contributed by atoms with Crippen LogP contribution >= 0.6 is 23.7 Å². The first-order valence-electron chi connectivity index (χ1n) is 8.98. The maximum atomic E-state index is 12.6. The number of para-hydroxylation sites is 1. The number of hydrogen-bond acceptors (Lipinski definition) is 4. The van der Waals surface area contributed by atoms with E-state index in [4.69, 9.17) is 4.74 Å². The Labute approximate surface area is 166 Å². The van der Waals surface area contributed by atoms with Gasteiger partial charge in [0.05, 0.1) is 18.7 Å². The number of carbonyl (C=O) groups is 1. The van der Waals surface area contributed by atoms with Gasteiger partial charge in [-0.05, 0) is 49.5 Å². The van der Waals surface area contributed by atoms with Crippen molar-refractivity contribution >= 4 is 29.7 Å². The molecule has 6 heteroatoms. The van der Waals surface area contributed by atoms with Crippen molar-refractivity contribution in [3.05, 3.63) is 52.2 Å². The molecule has 2 aromatic rings. The Morgan fingerprint density at radius 3 is 2.54 bits per heavy atom. The summed E-state index contributed by atoms with van der Waals surface area (Å²) in [4.78, 5) is 16.5. The van der Waals surface area contributed by atoms with Gasteiger partial charge in [-0.15, -0.1) is 23.7 Å². The molecule has 0 bridgehead atoms. The zero-order chi connectivity index (χ0) is 17.5. The summed E-state index contributed by atoms with van der Waals surface area (Å²) in [6.07, 6.45) is 5.09. The molecule has 26 heavy (non-hydrogen) atoms. The topological polar surface area (TPSA) is 41.6 Å². The Balaban J connectivity index is 0.00000243. The minimum absolute atomic E-state index is 0. The van der Waals surface area contributed by atoms with E-state index < -0.39 is 0 Å². The van der Waals surface area contributed by atoms with Crippen molar-refractivity contribution in [3.8, 4) is 5.75 Å². The van der Waals surface area contributed by atoms with E-state index >= 15 is 0 Å². The highest BCUT2D eigenvalue weighted by Gasteiger charge is 2.23. The summed E-state index contributed by atoms with van der Waals surface area (Å²) >= 11 is 1.77. The van der Waals surface area contributed by atoms with Crippen LogP contribution in [0, 0.1) is 0 Å². The standard InChI is InChI=1S/C20H26N2O2S.ClH/c1-24-18-10-5-4-9-16(18)20(23)21-15-17(19-11-8-14-25-19)22-12-6-2-3-7-13-22;/h4-5,8-11,14,17H,2-3,6-7,12-13,15H2,1H3,(H,21,23);1H. The molecule has 4 nitrogen and oxygen atoms in total. The first kappa shape index (κ1) is 20.7. The van der Waals surface area contributed by atoms with E-state index in [0.717, 1.165) is 13.1 Å². The summed E-state index contributed by atoms with van der Waals surface area (Å²) in [5.41, 5.74) is 0.589. The van der Waals surface area contributed by atoms with Gasteiger partial charge in [-0.2, -0.15) is 0 Å². The third kappa shape index (κ3) is 5.22. The Bertz CT molecular complexity index is 670. The largest absolute Gasteiger partial charge is 0.496 e. The molecule has 1 amide bonds. The summed E-state index contributed by atoms with van der Waals surface area (Å²) in [6.45, 7) is 2.83. The van der Waals surface area contributed by atoms with Gasteiger partial charge in [0.25, 0.3) is 5.91 Å². The molecular weight excluding hydrogens is 368 g/mol. The number of methoxy groups -OCH3 is 1. The van der Waals surface area contributed by atoms with Gasteiger partial charge in [-0.25, -0.2) is 0 Å². The number of thiophene rings is 1. The normalized spacial score (nSPS) is 16.2. The van der Waals surface area contributed by atoms with Gasteiger partial charge in [-0.3, -0.25) is 9.69 Å². The molecule has 0 saturated carbocycles. The van der Waals surface area contributed by atoms with Crippen LogP contribution in [0.4, 0.5) is 0 Å². The number of nitrogens with zero attached hydrogens (tertiary/aromatic N) is 1. The van der Waals surface area contributed by atoms with Crippen molar-refractivity contribution in [2.75, 3.05) is 26.7 Å². The predicted molar refractivity (Wildman–Crippen MR) is 110 cm³/mol. The Morgan fingerprint density at radius 1 is 1.15 bits per heavy atom. The molecular formula is C20H27ClN2O2S. The van der Waals surface area contributed by atoms with Crippen LogP contribution in [0.15, 0.2) is 41.8 Å². The van der Waals surface area contributed by atoms with Crippen LogP contribution in [-0.2, 0) is 0 Å². The van der Waals surface area contributed by atoms with Crippen LogP contribution in [-0.4, -0.2) is 37.6 Å². The van der Waals surface area contributed by atoms with E-state index in [2.05, 4.69) is 27.7 Å². The molecule has 1 atom stereocenters. The maximum absolute atomic E-state index is 12.6. The minimum Gasteiger partial charge on any atom is -0.496 e. The van der Waals surface area contributed by atoms with Crippen LogP contribution in [0.25, 0.3) is 0 Å². The number of hydrogen-bond donors (Lipinski definition) is 1. The van der Waals surface area contributed by atoms with Crippen molar-refractivity contribution in [2.24, 2.45) is 0 Å². The smallest absolute Gasteiger partial charge is 0.255 e. The highest BCUT2D eigenvalue weighted by atomic mass is 35.5. The minimum atomic E-state index is -0.0752. The van der Waals surface area contributed by atoms with E-state index in [9.17, 15) is 4.79 Å². The van der Waals surface area contributed by atoms with E-state index in [-0.39, 0.29) is 24.4 Å². The second-order valence-electron chi connectivity index (χ2n) is 6.39. The lowest BCUT2D eigenvalue weighted by molar-refractivity contribution is 0.0931. The van der Waals surface area contributed by atoms with Gasteiger partial charge in [-0.1, -0.05) is 31.0 Å². The quantitative estimate of drug-likeness (QED) is 0.782. The first-order chi connectivity index (χ1) is 12.3. The zero-order valence-corrected chi connectivity index (χ0v) is 16.8. The first-order valence-corrected chi connectivity index (χ1v) is 9.86. The number of rotatable bonds is 6. The molecule has 0 radical (unpaired) electrons. The van der Waals surface area contributed by atoms with Gasteiger partial charge in [0.1, 0.15) is 5.75 Å². The van der Waals surface area contributed by atoms with E-state index in [1.54, 1.807) is 24.5 Å². The molecule has 1 unspecified atom stereocenters.